The lowest BCUT2D eigenvalue weighted by molar-refractivity contribution is 0.404. The van der Waals surface area contributed by atoms with Gasteiger partial charge in [0.05, 0.1) is 0 Å². The molecule has 0 aromatic carbocycles. The van der Waals surface area contributed by atoms with Crippen LogP contribution in [0.2, 0.25) is 0 Å². The van der Waals surface area contributed by atoms with Gasteiger partial charge in [-0.1, -0.05) is 6.08 Å². The van der Waals surface area contributed by atoms with Gasteiger partial charge in [-0.05, 0) is 12.2 Å². The molecule has 0 radical (unpaired) electrons. The zero-order chi connectivity index (χ0) is 6.04. The molecule has 1 aliphatic rings. The SMILES string of the molecule is CO[P@]1(=O)C=CCC1. The highest BCUT2D eigenvalue weighted by Crippen LogP contribution is 2.51. The first kappa shape index (κ1) is 6.06. The van der Waals surface area contributed by atoms with Crippen molar-refractivity contribution < 1.29 is 9.09 Å². The van der Waals surface area contributed by atoms with E-state index in [0.29, 0.717) is 6.16 Å². The van der Waals surface area contributed by atoms with E-state index in [1.54, 1.807) is 5.82 Å². The Balaban J connectivity index is 2.69. The average Bonchev–Trinajstić information content (AvgIpc) is 2.17. The molecule has 0 fully saturated rings. The minimum Gasteiger partial charge on any atom is -0.329 e. The van der Waals surface area contributed by atoms with E-state index in [4.69, 9.17) is 4.52 Å². The molecule has 0 aromatic rings. The van der Waals surface area contributed by atoms with Crippen molar-refractivity contribution in [2.45, 2.75) is 6.42 Å². The number of allylic oxidation sites excluding steroid dienone is 1. The molecule has 0 unspecified atom stereocenters. The third-order valence-corrected chi connectivity index (χ3v) is 3.41. The summed E-state index contributed by atoms with van der Waals surface area (Å²) < 4.78 is 15.8. The average molecular weight is 132 g/mol. The Kier molecular flexibility index (Phi) is 1.54. The molecule has 0 aliphatic carbocycles. The monoisotopic (exact) mass is 132 g/mol. The molecule has 0 N–H and O–H groups in total. The summed E-state index contributed by atoms with van der Waals surface area (Å²) in [5.74, 6) is 1.69. The minimum absolute atomic E-state index is 0.698. The van der Waals surface area contributed by atoms with Crippen molar-refractivity contribution in [1.82, 2.24) is 0 Å². The lowest BCUT2D eigenvalue weighted by atomic mass is 10.5. The van der Waals surface area contributed by atoms with Crippen molar-refractivity contribution in [2.24, 2.45) is 0 Å². The van der Waals surface area contributed by atoms with E-state index < -0.39 is 7.37 Å². The molecule has 2 nitrogen and oxygen atoms in total. The van der Waals surface area contributed by atoms with Gasteiger partial charge in [0.25, 0.3) is 0 Å². The quantitative estimate of drug-likeness (QED) is 0.509. The number of rotatable bonds is 1. The fourth-order valence-electron chi connectivity index (χ4n) is 0.716. The van der Waals surface area contributed by atoms with E-state index in [-0.39, 0.29) is 0 Å². The summed E-state index contributed by atoms with van der Waals surface area (Å²) in [5, 5.41) is 0. The van der Waals surface area contributed by atoms with Crippen LogP contribution in [-0.4, -0.2) is 13.3 Å². The molecule has 46 valence electrons. The van der Waals surface area contributed by atoms with Crippen LogP contribution >= 0.6 is 7.37 Å². The second kappa shape index (κ2) is 2.04. The Morgan fingerprint density at radius 2 is 2.50 bits per heavy atom. The smallest absolute Gasteiger partial charge is 0.224 e. The standard InChI is InChI=1S/C5H9O2P/c1-7-8(6)4-2-3-5-8/h2,4H,3,5H2,1H3/t8-/m1/s1. The normalized spacial score (nSPS) is 36.1. The van der Waals surface area contributed by atoms with Gasteiger partial charge in [-0.15, -0.1) is 0 Å². The van der Waals surface area contributed by atoms with Gasteiger partial charge in [-0.25, -0.2) is 0 Å². The molecule has 1 rings (SSSR count). The molecule has 0 saturated carbocycles. The van der Waals surface area contributed by atoms with Crippen molar-refractivity contribution in [3.05, 3.63) is 11.9 Å². The first-order valence-electron chi connectivity index (χ1n) is 2.59. The predicted octanol–water partition coefficient (Wildman–Crippen LogP) is 1.83. The van der Waals surface area contributed by atoms with Gasteiger partial charge in [-0.2, -0.15) is 0 Å². The minimum atomic E-state index is -2.23. The number of hydrogen-bond acceptors (Lipinski definition) is 2. The fourth-order valence-corrected chi connectivity index (χ4v) is 2.15. The van der Waals surface area contributed by atoms with Crippen LogP contribution in [0.3, 0.4) is 0 Å². The van der Waals surface area contributed by atoms with Crippen LogP contribution < -0.4 is 0 Å². The van der Waals surface area contributed by atoms with Crippen LogP contribution in [0.5, 0.6) is 0 Å². The lowest BCUT2D eigenvalue weighted by Gasteiger charge is -2.02. The molecule has 0 aromatic heterocycles. The molecular weight excluding hydrogens is 123 g/mol. The maximum atomic E-state index is 11.1. The van der Waals surface area contributed by atoms with Crippen molar-refractivity contribution in [3.8, 4) is 0 Å². The molecule has 1 heterocycles. The summed E-state index contributed by atoms with van der Waals surface area (Å²) in [6, 6.07) is 0. The number of hydrogen-bond donors (Lipinski definition) is 0. The zero-order valence-electron chi connectivity index (χ0n) is 4.83. The Morgan fingerprint density at radius 1 is 1.75 bits per heavy atom. The van der Waals surface area contributed by atoms with E-state index in [1.165, 1.54) is 7.11 Å². The third kappa shape index (κ3) is 1.01. The van der Waals surface area contributed by atoms with E-state index >= 15 is 0 Å². The maximum absolute atomic E-state index is 11.1. The van der Waals surface area contributed by atoms with Gasteiger partial charge < -0.3 is 4.52 Å². The molecule has 0 bridgehead atoms. The predicted molar refractivity (Wildman–Crippen MR) is 33.2 cm³/mol. The zero-order valence-corrected chi connectivity index (χ0v) is 5.73. The highest BCUT2D eigenvalue weighted by molar-refractivity contribution is 7.62. The van der Waals surface area contributed by atoms with Gasteiger partial charge in [0.1, 0.15) is 0 Å². The first-order valence-corrected chi connectivity index (χ1v) is 4.47. The van der Waals surface area contributed by atoms with E-state index in [1.807, 2.05) is 6.08 Å². The molecule has 1 atom stereocenters. The molecule has 3 heteroatoms. The molecule has 1 aliphatic heterocycles. The molecule has 0 amide bonds. The van der Waals surface area contributed by atoms with Crippen LogP contribution in [-0.2, 0) is 9.09 Å². The Hall–Kier alpha value is -0.0700. The second-order valence-corrected chi connectivity index (χ2v) is 4.37. The highest BCUT2D eigenvalue weighted by atomic mass is 31.2. The van der Waals surface area contributed by atoms with Crippen LogP contribution in [0.15, 0.2) is 11.9 Å². The Bertz CT molecular complexity index is 151. The van der Waals surface area contributed by atoms with Crippen molar-refractivity contribution in [2.75, 3.05) is 13.3 Å². The van der Waals surface area contributed by atoms with Crippen LogP contribution in [0.25, 0.3) is 0 Å². The summed E-state index contributed by atoms with van der Waals surface area (Å²) >= 11 is 0. The summed E-state index contributed by atoms with van der Waals surface area (Å²) in [5.41, 5.74) is 0. The lowest BCUT2D eigenvalue weighted by Crippen LogP contribution is -1.80. The van der Waals surface area contributed by atoms with Crippen molar-refractivity contribution in [1.29, 1.82) is 0 Å². The maximum Gasteiger partial charge on any atom is 0.224 e. The van der Waals surface area contributed by atoms with Crippen LogP contribution in [0.1, 0.15) is 6.42 Å². The summed E-state index contributed by atoms with van der Waals surface area (Å²) in [6.07, 6.45) is 3.51. The van der Waals surface area contributed by atoms with E-state index in [9.17, 15) is 4.57 Å². The third-order valence-electron chi connectivity index (χ3n) is 1.25. The second-order valence-electron chi connectivity index (χ2n) is 1.81. The van der Waals surface area contributed by atoms with Gasteiger partial charge in [0, 0.05) is 13.3 Å². The van der Waals surface area contributed by atoms with E-state index in [0.717, 1.165) is 6.42 Å². The molecule has 0 spiro atoms. The van der Waals surface area contributed by atoms with Crippen LogP contribution in [0, 0.1) is 0 Å². The molecular formula is C5H9O2P. The summed E-state index contributed by atoms with van der Waals surface area (Å²) in [4.78, 5) is 0. The van der Waals surface area contributed by atoms with E-state index in [2.05, 4.69) is 0 Å². The summed E-state index contributed by atoms with van der Waals surface area (Å²) in [6.45, 7) is 0. The van der Waals surface area contributed by atoms with Crippen LogP contribution in [0.4, 0.5) is 0 Å². The van der Waals surface area contributed by atoms with Gasteiger partial charge in [0.15, 0.2) is 0 Å². The van der Waals surface area contributed by atoms with Gasteiger partial charge in [0.2, 0.25) is 7.37 Å². The topological polar surface area (TPSA) is 26.3 Å². The first-order chi connectivity index (χ1) is 3.77. The summed E-state index contributed by atoms with van der Waals surface area (Å²) in [7, 11) is -0.735. The van der Waals surface area contributed by atoms with Crippen molar-refractivity contribution in [3.63, 3.8) is 0 Å². The van der Waals surface area contributed by atoms with Gasteiger partial charge in [-0.3, -0.25) is 4.57 Å². The fraction of sp³-hybridized carbons (Fsp3) is 0.600. The molecule has 0 saturated heterocycles. The van der Waals surface area contributed by atoms with Gasteiger partial charge >= 0.3 is 0 Å². The Morgan fingerprint density at radius 3 is 2.75 bits per heavy atom. The Labute approximate surface area is 49.0 Å². The van der Waals surface area contributed by atoms with Crippen molar-refractivity contribution >= 4 is 7.37 Å². The molecule has 8 heavy (non-hydrogen) atoms. The highest BCUT2D eigenvalue weighted by Gasteiger charge is 2.19. The largest absolute Gasteiger partial charge is 0.329 e.